The number of halogens is 2. The lowest BCUT2D eigenvalue weighted by Gasteiger charge is -2.26. The Morgan fingerprint density at radius 2 is 2.00 bits per heavy atom. The fourth-order valence-corrected chi connectivity index (χ4v) is 2.72. The standard InChI is InChI=1S/C21H32FN5O.HI/c1-7-23-20(26-14-19-24-13-18(28-19)21(2,3)4)25-12-17(27(5)6)15-9-8-10-16(22)11-15;/h8-11,13,17H,7,12,14H2,1-6H3,(H2,23,25,26);1H. The number of aliphatic imine (C=N–C) groups is 1. The summed E-state index contributed by atoms with van der Waals surface area (Å²) in [5.41, 5.74) is 0.831. The van der Waals surface area contributed by atoms with Crippen LogP contribution in [0.2, 0.25) is 0 Å². The van der Waals surface area contributed by atoms with E-state index in [1.54, 1.807) is 18.3 Å². The van der Waals surface area contributed by atoms with Gasteiger partial charge in [-0.3, -0.25) is 0 Å². The van der Waals surface area contributed by atoms with E-state index in [1.165, 1.54) is 6.07 Å². The molecule has 0 saturated heterocycles. The van der Waals surface area contributed by atoms with E-state index in [0.29, 0.717) is 24.9 Å². The number of nitrogens with zero attached hydrogens (tertiary/aromatic N) is 3. The number of nitrogens with one attached hydrogen (secondary N) is 2. The van der Waals surface area contributed by atoms with Crippen molar-refractivity contribution in [1.82, 2.24) is 20.5 Å². The summed E-state index contributed by atoms with van der Waals surface area (Å²) in [7, 11) is 3.95. The predicted molar refractivity (Wildman–Crippen MR) is 126 cm³/mol. The number of aromatic nitrogens is 1. The fraction of sp³-hybridized carbons (Fsp3) is 0.524. The van der Waals surface area contributed by atoms with E-state index in [9.17, 15) is 4.39 Å². The molecule has 2 rings (SSSR count). The molecule has 0 aliphatic carbocycles. The molecule has 2 aromatic rings. The van der Waals surface area contributed by atoms with Crippen LogP contribution in [0, 0.1) is 5.82 Å². The summed E-state index contributed by atoms with van der Waals surface area (Å²) in [6.45, 7) is 9.92. The van der Waals surface area contributed by atoms with E-state index in [4.69, 9.17) is 4.42 Å². The van der Waals surface area contributed by atoms with Crippen LogP contribution in [0.3, 0.4) is 0 Å². The largest absolute Gasteiger partial charge is 0.443 e. The third-order valence-corrected chi connectivity index (χ3v) is 4.33. The van der Waals surface area contributed by atoms with Crippen molar-refractivity contribution in [2.45, 2.75) is 45.7 Å². The SMILES string of the molecule is CCNC(=NCc1ncc(C(C)(C)C)o1)NCC(c1cccc(F)c1)N(C)C.I. The Hall–Kier alpha value is -1.68. The first kappa shape index (κ1) is 25.4. The van der Waals surface area contributed by atoms with Crippen LogP contribution in [0.25, 0.3) is 0 Å². The summed E-state index contributed by atoms with van der Waals surface area (Å²) < 4.78 is 19.4. The van der Waals surface area contributed by atoms with Gasteiger partial charge in [0.05, 0.1) is 12.2 Å². The monoisotopic (exact) mass is 517 g/mol. The average Bonchev–Trinajstić information content (AvgIpc) is 3.09. The van der Waals surface area contributed by atoms with Crippen LogP contribution in [0.1, 0.15) is 51.0 Å². The van der Waals surface area contributed by atoms with E-state index < -0.39 is 0 Å². The minimum Gasteiger partial charge on any atom is -0.443 e. The van der Waals surface area contributed by atoms with Crippen molar-refractivity contribution in [1.29, 1.82) is 0 Å². The van der Waals surface area contributed by atoms with Gasteiger partial charge in [-0.15, -0.1) is 24.0 Å². The molecule has 0 aliphatic heterocycles. The highest BCUT2D eigenvalue weighted by molar-refractivity contribution is 14.0. The van der Waals surface area contributed by atoms with Crippen LogP contribution < -0.4 is 10.6 Å². The highest BCUT2D eigenvalue weighted by atomic mass is 127. The maximum atomic E-state index is 13.6. The molecule has 0 aliphatic rings. The Labute approximate surface area is 190 Å². The third kappa shape index (κ3) is 7.93. The van der Waals surface area contributed by atoms with Gasteiger partial charge in [0.2, 0.25) is 5.89 Å². The third-order valence-electron chi connectivity index (χ3n) is 4.33. The average molecular weight is 517 g/mol. The number of likely N-dealkylation sites (N-methyl/N-ethyl adjacent to an activating group) is 1. The van der Waals surface area contributed by atoms with Crippen LogP contribution in [0.5, 0.6) is 0 Å². The zero-order valence-electron chi connectivity index (χ0n) is 18.1. The molecule has 1 unspecified atom stereocenters. The molecule has 1 heterocycles. The van der Waals surface area contributed by atoms with Crippen molar-refractivity contribution in [2.24, 2.45) is 4.99 Å². The second-order valence-corrected chi connectivity index (χ2v) is 7.98. The number of benzene rings is 1. The maximum absolute atomic E-state index is 13.6. The fourth-order valence-electron chi connectivity index (χ4n) is 2.72. The minimum absolute atomic E-state index is 0. The van der Waals surface area contributed by atoms with E-state index in [-0.39, 0.29) is 41.3 Å². The molecule has 1 aromatic carbocycles. The van der Waals surface area contributed by atoms with Gasteiger partial charge < -0.3 is 20.0 Å². The molecule has 162 valence electrons. The van der Waals surface area contributed by atoms with Crippen molar-refractivity contribution in [3.63, 3.8) is 0 Å². The molecular weight excluding hydrogens is 484 g/mol. The van der Waals surface area contributed by atoms with Crippen LogP contribution in [-0.2, 0) is 12.0 Å². The minimum atomic E-state index is -0.233. The normalized spacial score (nSPS) is 13.2. The van der Waals surface area contributed by atoms with Crippen LogP contribution in [0.4, 0.5) is 4.39 Å². The van der Waals surface area contributed by atoms with Gasteiger partial charge in [-0.05, 0) is 38.7 Å². The van der Waals surface area contributed by atoms with Crippen molar-refractivity contribution < 1.29 is 8.81 Å². The summed E-state index contributed by atoms with van der Waals surface area (Å²) in [5, 5.41) is 6.56. The highest BCUT2D eigenvalue weighted by Crippen LogP contribution is 2.23. The molecule has 1 aromatic heterocycles. The van der Waals surface area contributed by atoms with E-state index in [2.05, 4.69) is 46.3 Å². The lowest BCUT2D eigenvalue weighted by Crippen LogP contribution is -2.41. The topological polar surface area (TPSA) is 65.7 Å². The van der Waals surface area contributed by atoms with Crippen molar-refractivity contribution in [3.8, 4) is 0 Å². The molecule has 0 amide bonds. The van der Waals surface area contributed by atoms with E-state index >= 15 is 0 Å². The number of hydrogen-bond acceptors (Lipinski definition) is 4. The number of rotatable bonds is 7. The zero-order chi connectivity index (χ0) is 20.7. The Kier molecular flexibility index (Phi) is 10.0. The number of guanidine groups is 1. The summed E-state index contributed by atoms with van der Waals surface area (Å²) in [4.78, 5) is 10.9. The van der Waals surface area contributed by atoms with Crippen molar-refractivity contribution in [3.05, 3.63) is 53.5 Å². The molecule has 8 heteroatoms. The molecule has 0 fully saturated rings. The van der Waals surface area contributed by atoms with Crippen LogP contribution in [-0.4, -0.2) is 43.0 Å². The van der Waals surface area contributed by atoms with Gasteiger partial charge >= 0.3 is 0 Å². The first-order valence-electron chi connectivity index (χ1n) is 9.60. The summed E-state index contributed by atoms with van der Waals surface area (Å²) >= 11 is 0. The van der Waals surface area contributed by atoms with Crippen LogP contribution >= 0.6 is 24.0 Å². The highest BCUT2D eigenvalue weighted by Gasteiger charge is 2.19. The van der Waals surface area contributed by atoms with E-state index in [1.807, 2.05) is 27.1 Å². The van der Waals surface area contributed by atoms with Crippen molar-refractivity contribution >= 4 is 29.9 Å². The number of oxazole rings is 1. The maximum Gasteiger partial charge on any atom is 0.216 e. The second-order valence-electron chi connectivity index (χ2n) is 7.98. The quantitative estimate of drug-likeness (QED) is 0.329. The van der Waals surface area contributed by atoms with Gasteiger partial charge in [-0.1, -0.05) is 32.9 Å². The molecule has 1 atom stereocenters. The lowest BCUT2D eigenvalue weighted by molar-refractivity contribution is 0.297. The Morgan fingerprint density at radius 1 is 1.28 bits per heavy atom. The molecule has 0 saturated carbocycles. The Morgan fingerprint density at radius 3 is 2.55 bits per heavy atom. The smallest absolute Gasteiger partial charge is 0.216 e. The molecule has 2 N–H and O–H groups in total. The van der Waals surface area contributed by atoms with Gasteiger partial charge in [0.25, 0.3) is 0 Å². The Bertz CT molecular complexity index is 785. The van der Waals surface area contributed by atoms with Gasteiger partial charge in [-0.2, -0.15) is 0 Å². The molecule has 29 heavy (non-hydrogen) atoms. The van der Waals surface area contributed by atoms with Gasteiger partial charge in [0, 0.05) is 18.5 Å². The molecule has 0 radical (unpaired) electrons. The van der Waals surface area contributed by atoms with Crippen LogP contribution in [0.15, 0.2) is 39.9 Å². The molecule has 0 bridgehead atoms. The van der Waals surface area contributed by atoms with Gasteiger partial charge in [0.1, 0.15) is 18.1 Å². The zero-order valence-corrected chi connectivity index (χ0v) is 20.5. The summed E-state index contributed by atoms with van der Waals surface area (Å²) in [6, 6.07) is 6.69. The van der Waals surface area contributed by atoms with Gasteiger partial charge in [-0.25, -0.2) is 14.4 Å². The molecule has 0 spiro atoms. The lowest BCUT2D eigenvalue weighted by atomic mass is 9.94. The van der Waals surface area contributed by atoms with Gasteiger partial charge in [0.15, 0.2) is 5.96 Å². The molecule has 6 nitrogen and oxygen atoms in total. The second kappa shape index (κ2) is 11.5. The first-order chi connectivity index (χ1) is 13.2. The summed E-state index contributed by atoms with van der Waals surface area (Å²) in [5.74, 6) is 1.86. The predicted octanol–water partition coefficient (Wildman–Crippen LogP) is 4.09. The summed E-state index contributed by atoms with van der Waals surface area (Å²) in [6.07, 6.45) is 1.76. The Balaban J connectivity index is 0.00000420. The number of hydrogen-bond donors (Lipinski definition) is 2. The van der Waals surface area contributed by atoms with E-state index in [0.717, 1.165) is 17.9 Å². The molecular formula is C21H33FIN5O. The first-order valence-corrected chi connectivity index (χ1v) is 9.60. The van der Waals surface area contributed by atoms with Crippen molar-refractivity contribution in [2.75, 3.05) is 27.2 Å².